The smallest absolute Gasteiger partial charge is 0.416 e. The van der Waals surface area contributed by atoms with Gasteiger partial charge in [-0.1, -0.05) is 42.1 Å². The Kier molecular flexibility index (Phi) is 7.83. The third-order valence-electron chi connectivity index (χ3n) is 5.37. The number of hydrogen-bond donors (Lipinski definition) is 2. The Morgan fingerprint density at radius 1 is 1.11 bits per heavy atom. The van der Waals surface area contributed by atoms with Crippen LogP contribution in [0.3, 0.4) is 0 Å². The highest BCUT2D eigenvalue weighted by atomic mass is 32.2. The molecule has 0 aliphatic rings. The highest BCUT2D eigenvalue weighted by molar-refractivity contribution is 7.98. The molecule has 7 nitrogen and oxygen atoms in total. The normalized spacial score (nSPS) is 11.0. The number of amides is 1. The molecular weight excluding hydrogens is 517 g/mol. The number of carbonyl (C=O) groups excluding carboxylic acids is 1. The Morgan fingerprint density at radius 2 is 1.84 bits per heavy atom. The van der Waals surface area contributed by atoms with Crippen molar-refractivity contribution in [1.29, 1.82) is 0 Å². The van der Waals surface area contributed by atoms with Gasteiger partial charge >= 0.3 is 6.18 Å². The predicted molar refractivity (Wildman–Crippen MR) is 139 cm³/mol. The summed E-state index contributed by atoms with van der Waals surface area (Å²) in [5, 5.41) is 2.90. The lowest BCUT2D eigenvalue weighted by Gasteiger charge is -2.10. The van der Waals surface area contributed by atoms with Gasteiger partial charge in [0.2, 0.25) is 0 Å². The molecule has 38 heavy (non-hydrogen) atoms. The van der Waals surface area contributed by atoms with E-state index in [1.807, 2.05) is 0 Å². The maximum atomic E-state index is 12.9. The summed E-state index contributed by atoms with van der Waals surface area (Å²) in [5.41, 5.74) is 0.391. The lowest BCUT2D eigenvalue weighted by molar-refractivity contribution is -0.137. The first-order valence-electron chi connectivity index (χ1n) is 11.0. The molecule has 0 atom stereocenters. The SMILES string of the molecule is [C-]#[N+]c1c(-c2cccc(OC)c2)nc(SCc2ccc(NC(=O)c3cccc(C(F)(F)F)c3)cc2)[nH]c1=O. The monoisotopic (exact) mass is 536 g/mol. The molecule has 11 heteroatoms. The van der Waals surface area contributed by atoms with Crippen LogP contribution in [-0.2, 0) is 11.9 Å². The fourth-order valence-electron chi connectivity index (χ4n) is 3.47. The summed E-state index contributed by atoms with van der Waals surface area (Å²) in [6.45, 7) is 7.39. The standard InChI is InChI=1S/C27H19F3N4O3S/c1-31-23-22(17-5-4-8-21(14-17)37-2)33-26(34-25(23)36)38-15-16-9-11-20(12-10-16)32-24(35)18-6-3-7-19(13-18)27(28,29)30/h3-14H,15H2,2H3,(H,32,35)(H,33,34,36). The van der Waals surface area contributed by atoms with Gasteiger partial charge in [-0.3, -0.25) is 9.59 Å². The van der Waals surface area contributed by atoms with Crippen molar-refractivity contribution in [1.82, 2.24) is 9.97 Å². The van der Waals surface area contributed by atoms with Crippen LogP contribution in [0.2, 0.25) is 0 Å². The van der Waals surface area contributed by atoms with Gasteiger partial charge in [0.15, 0.2) is 5.16 Å². The van der Waals surface area contributed by atoms with E-state index in [4.69, 9.17) is 11.3 Å². The van der Waals surface area contributed by atoms with Gasteiger partial charge in [-0.05, 0) is 53.6 Å². The van der Waals surface area contributed by atoms with Crippen molar-refractivity contribution in [2.24, 2.45) is 0 Å². The van der Waals surface area contributed by atoms with E-state index in [0.29, 0.717) is 27.9 Å². The Morgan fingerprint density at radius 3 is 2.53 bits per heavy atom. The lowest BCUT2D eigenvalue weighted by Crippen LogP contribution is -2.13. The van der Waals surface area contributed by atoms with E-state index < -0.39 is 23.2 Å². The van der Waals surface area contributed by atoms with Crippen LogP contribution in [-0.4, -0.2) is 23.0 Å². The number of halogens is 3. The first kappa shape index (κ1) is 26.5. The number of carbonyl (C=O) groups is 1. The van der Waals surface area contributed by atoms with Crippen LogP contribution in [0.15, 0.2) is 82.7 Å². The zero-order valence-electron chi connectivity index (χ0n) is 19.8. The molecular formula is C27H19F3N4O3S. The molecule has 3 aromatic carbocycles. The lowest BCUT2D eigenvalue weighted by atomic mass is 10.1. The molecule has 0 spiro atoms. The predicted octanol–water partition coefficient (Wildman–Crippen LogP) is 6.56. The number of hydrogen-bond acceptors (Lipinski definition) is 5. The van der Waals surface area contributed by atoms with E-state index in [9.17, 15) is 22.8 Å². The van der Waals surface area contributed by atoms with Crippen LogP contribution in [0.5, 0.6) is 5.75 Å². The Hall–Kier alpha value is -4.56. The Bertz CT molecular complexity index is 1580. The van der Waals surface area contributed by atoms with Gasteiger partial charge in [-0.25, -0.2) is 9.83 Å². The molecule has 192 valence electrons. The molecule has 0 aliphatic heterocycles. The number of H-pyrrole nitrogens is 1. The zero-order chi connectivity index (χ0) is 27.3. The number of aromatic amines is 1. The fraction of sp³-hybridized carbons (Fsp3) is 0.111. The number of ether oxygens (including phenoxy) is 1. The second kappa shape index (κ2) is 11.2. The van der Waals surface area contributed by atoms with Crippen LogP contribution >= 0.6 is 11.8 Å². The van der Waals surface area contributed by atoms with Gasteiger partial charge in [0.25, 0.3) is 17.2 Å². The summed E-state index contributed by atoms with van der Waals surface area (Å²) in [6, 6.07) is 17.8. The molecule has 0 saturated heterocycles. The highest BCUT2D eigenvalue weighted by Gasteiger charge is 2.30. The summed E-state index contributed by atoms with van der Waals surface area (Å²) in [5.74, 6) is 0.319. The molecule has 1 amide bonds. The molecule has 0 unspecified atom stereocenters. The molecule has 0 fully saturated rings. The van der Waals surface area contributed by atoms with Crippen LogP contribution < -0.4 is 15.6 Å². The van der Waals surface area contributed by atoms with Gasteiger partial charge in [-0.15, -0.1) is 0 Å². The van der Waals surface area contributed by atoms with Gasteiger partial charge in [0.05, 0.1) is 24.9 Å². The Labute approximate surface area is 219 Å². The molecule has 0 bridgehead atoms. The zero-order valence-corrected chi connectivity index (χ0v) is 20.6. The summed E-state index contributed by atoms with van der Waals surface area (Å²) >= 11 is 1.25. The van der Waals surface area contributed by atoms with Crippen molar-refractivity contribution in [3.8, 4) is 17.0 Å². The van der Waals surface area contributed by atoms with Gasteiger partial charge in [0.1, 0.15) is 5.75 Å². The Balaban J connectivity index is 1.46. The minimum absolute atomic E-state index is 0.107. The van der Waals surface area contributed by atoms with Crippen molar-refractivity contribution < 1.29 is 22.7 Å². The number of nitrogens with one attached hydrogen (secondary N) is 2. The van der Waals surface area contributed by atoms with Gasteiger partial charge < -0.3 is 15.0 Å². The number of methoxy groups -OCH3 is 1. The first-order valence-corrected chi connectivity index (χ1v) is 12.0. The number of thioether (sulfide) groups is 1. The molecule has 2 N–H and O–H groups in total. The number of aromatic nitrogens is 2. The maximum Gasteiger partial charge on any atom is 0.416 e. The first-order chi connectivity index (χ1) is 18.2. The average Bonchev–Trinajstić information content (AvgIpc) is 2.92. The van der Waals surface area contributed by atoms with Gasteiger partial charge in [-0.2, -0.15) is 13.2 Å². The highest BCUT2D eigenvalue weighted by Crippen LogP contribution is 2.31. The molecule has 1 heterocycles. The van der Waals surface area contributed by atoms with Crippen molar-refractivity contribution in [2.75, 3.05) is 12.4 Å². The second-order valence-corrected chi connectivity index (χ2v) is 8.89. The molecule has 0 radical (unpaired) electrons. The third kappa shape index (κ3) is 6.22. The molecule has 4 aromatic rings. The third-order valence-corrected chi connectivity index (χ3v) is 6.31. The van der Waals surface area contributed by atoms with Gasteiger partial charge in [0, 0.05) is 17.0 Å². The molecule has 4 rings (SSSR count). The largest absolute Gasteiger partial charge is 0.497 e. The molecule has 0 saturated carbocycles. The fourth-order valence-corrected chi connectivity index (χ4v) is 4.28. The second-order valence-electron chi connectivity index (χ2n) is 7.93. The topological polar surface area (TPSA) is 88.4 Å². The minimum atomic E-state index is -4.54. The van der Waals surface area contributed by atoms with E-state index in [-0.39, 0.29) is 16.9 Å². The summed E-state index contributed by atoms with van der Waals surface area (Å²) in [6.07, 6.45) is -4.54. The van der Waals surface area contributed by atoms with E-state index in [0.717, 1.165) is 17.7 Å². The van der Waals surface area contributed by atoms with E-state index in [1.54, 1.807) is 48.5 Å². The number of anilines is 1. The van der Waals surface area contributed by atoms with Crippen LogP contribution in [0.4, 0.5) is 24.5 Å². The van der Waals surface area contributed by atoms with Crippen molar-refractivity contribution in [2.45, 2.75) is 17.1 Å². The summed E-state index contributed by atoms with van der Waals surface area (Å²) in [7, 11) is 1.52. The number of benzene rings is 3. The van der Waals surface area contributed by atoms with E-state index >= 15 is 0 Å². The average molecular weight is 537 g/mol. The number of alkyl halides is 3. The van der Waals surface area contributed by atoms with Crippen LogP contribution in [0, 0.1) is 6.57 Å². The number of rotatable bonds is 7. The van der Waals surface area contributed by atoms with Crippen molar-refractivity contribution in [3.05, 3.63) is 111 Å². The van der Waals surface area contributed by atoms with Crippen molar-refractivity contribution >= 4 is 29.0 Å². The summed E-state index contributed by atoms with van der Waals surface area (Å²) in [4.78, 5) is 35.4. The van der Waals surface area contributed by atoms with Crippen LogP contribution in [0.25, 0.3) is 16.1 Å². The van der Waals surface area contributed by atoms with E-state index in [1.165, 1.54) is 31.0 Å². The van der Waals surface area contributed by atoms with Crippen LogP contribution in [0.1, 0.15) is 21.5 Å². The van der Waals surface area contributed by atoms with Crippen molar-refractivity contribution in [3.63, 3.8) is 0 Å². The minimum Gasteiger partial charge on any atom is -0.497 e. The quantitative estimate of drug-likeness (QED) is 0.159. The molecule has 1 aromatic heterocycles. The molecule has 0 aliphatic carbocycles. The van der Waals surface area contributed by atoms with E-state index in [2.05, 4.69) is 20.1 Å². The number of nitrogens with zero attached hydrogens (tertiary/aromatic N) is 2. The summed E-state index contributed by atoms with van der Waals surface area (Å²) < 4.78 is 44.0. The maximum absolute atomic E-state index is 12.9.